The van der Waals surface area contributed by atoms with Crippen molar-refractivity contribution in [2.45, 2.75) is 32.2 Å². The van der Waals surface area contributed by atoms with Crippen LogP contribution in [0.5, 0.6) is 0 Å². The third kappa shape index (κ3) is 5.64. The minimum absolute atomic E-state index is 0.179. The van der Waals surface area contributed by atoms with Gasteiger partial charge in [0.1, 0.15) is 6.10 Å². The van der Waals surface area contributed by atoms with E-state index in [1.54, 1.807) is 0 Å². The van der Waals surface area contributed by atoms with E-state index in [0.717, 1.165) is 0 Å². The van der Waals surface area contributed by atoms with Gasteiger partial charge in [-0.25, -0.2) is 9.59 Å². The molecule has 16 heavy (non-hydrogen) atoms. The van der Waals surface area contributed by atoms with Crippen LogP contribution >= 0.6 is 0 Å². The fourth-order valence-electron chi connectivity index (χ4n) is 0.805. The van der Waals surface area contributed by atoms with Crippen molar-refractivity contribution in [2.24, 2.45) is 0 Å². The summed E-state index contributed by atoms with van der Waals surface area (Å²) in [6, 6.07) is 0. The van der Waals surface area contributed by atoms with Gasteiger partial charge >= 0.3 is 11.9 Å². The lowest BCUT2D eigenvalue weighted by Crippen LogP contribution is -2.34. The lowest BCUT2D eigenvalue weighted by molar-refractivity contribution is -0.163. The fourth-order valence-corrected chi connectivity index (χ4v) is 0.805. The summed E-state index contributed by atoms with van der Waals surface area (Å²) >= 11 is 0. The molecule has 0 rings (SSSR count). The molecular weight excluding hydrogens is 220 g/mol. The molecule has 0 amide bonds. The third-order valence-corrected chi connectivity index (χ3v) is 1.83. The highest BCUT2D eigenvalue weighted by Crippen LogP contribution is 2.01. The van der Waals surface area contributed by atoms with Crippen LogP contribution in [0.4, 0.5) is 0 Å². The zero-order valence-electron chi connectivity index (χ0n) is 9.12. The average Bonchev–Trinajstić information content (AvgIpc) is 2.22. The SMILES string of the molecule is CC(OCC(CO)OC(C)C(=O)O)C(=O)O. The summed E-state index contributed by atoms with van der Waals surface area (Å²) in [5.74, 6) is -2.30. The number of rotatable bonds is 8. The molecular formula is C9H16O7. The molecule has 0 aromatic rings. The minimum atomic E-state index is -1.16. The van der Waals surface area contributed by atoms with Crippen molar-refractivity contribution in [3.63, 3.8) is 0 Å². The average molecular weight is 236 g/mol. The fraction of sp³-hybridized carbons (Fsp3) is 0.778. The lowest BCUT2D eigenvalue weighted by atomic mass is 10.3. The van der Waals surface area contributed by atoms with E-state index in [1.165, 1.54) is 13.8 Å². The molecule has 3 unspecified atom stereocenters. The van der Waals surface area contributed by atoms with Crippen LogP contribution in [-0.4, -0.2) is 58.8 Å². The first-order valence-electron chi connectivity index (χ1n) is 4.72. The molecule has 0 aromatic heterocycles. The summed E-state index contributed by atoms with van der Waals surface area (Å²) in [7, 11) is 0. The molecule has 0 saturated heterocycles. The highest BCUT2D eigenvalue weighted by molar-refractivity contribution is 5.72. The Labute approximate surface area is 92.6 Å². The molecule has 7 heteroatoms. The Hall–Kier alpha value is -1.18. The first-order chi connectivity index (χ1) is 7.38. The Balaban J connectivity index is 4.01. The molecule has 3 N–H and O–H groups in total. The van der Waals surface area contributed by atoms with Crippen molar-refractivity contribution in [1.82, 2.24) is 0 Å². The molecule has 0 radical (unpaired) electrons. The summed E-state index contributed by atoms with van der Waals surface area (Å²) in [5, 5.41) is 25.9. The Kier molecular flexibility index (Phi) is 6.63. The number of carbonyl (C=O) groups is 2. The largest absolute Gasteiger partial charge is 0.479 e. The highest BCUT2D eigenvalue weighted by atomic mass is 16.6. The maximum absolute atomic E-state index is 10.5. The minimum Gasteiger partial charge on any atom is -0.479 e. The topological polar surface area (TPSA) is 113 Å². The number of aliphatic hydroxyl groups excluding tert-OH is 1. The van der Waals surface area contributed by atoms with E-state index in [4.69, 9.17) is 24.8 Å². The van der Waals surface area contributed by atoms with Crippen molar-refractivity contribution < 1.29 is 34.4 Å². The maximum atomic E-state index is 10.5. The second kappa shape index (κ2) is 7.15. The molecule has 0 aliphatic carbocycles. The molecule has 0 bridgehead atoms. The van der Waals surface area contributed by atoms with Crippen LogP contribution in [0, 0.1) is 0 Å². The van der Waals surface area contributed by atoms with E-state index in [2.05, 4.69) is 0 Å². The number of aliphatic carboxylic acids is 2. The second-order valence-electron chi connectivity index (χ2n) is 3.23. The van der Waals surface area contributed by atoms with Crippen molar-refractivity contribution in [2.75, 3.05) is 13.2 Å². The molecule has 0 saturated carbocycles. The van der Waals surface area contributed by atoms with Gasteiger partial charge in [0.25, 0.3) is 0 Å². The lowest BCUT2D eigenvalue weighted by Gasteiger charge is -2.19. The van der Waals surface area contributed by atoms with Crippen LogP contribution in [0.15, 0.2) is 0 Å². The van der Waals surface area contributed by atoms with E-state index in [-0.39, 0.29) is 6.61 Å². The van der Waals surface area contributed by atoms with Crippen LogP contribution < -0.4 is 0 Å². The zero-order valence-corrected chi connectivity index (χ0v) is 9.12. The van der Waals surface area contributed by atoms with E-state index in [1.807, 2.05) is 0 Å². The van der Waals surface area contributed by atoms with Gasteiger partial charge in [0, 0.05) is 0 Å². The standard InChI is InChI=1S/C9H16O7/c1-5(8(11)12)15-4-7(3-10)16-6(2)9(13)14/h5-7,10H,3-4H2,1-2H3,(H,11,12)(H,13,14). The number of ether oxygens (including phenoxy) is 2. The number of hydrogen-bond donors (Lipinski definition) is 3. The van der Waals surface area contributed by atoms with Crippen molar-refractivity contribution >= 4 is 11.9 Å². The Morgan fingerprint density at radius 3 is 2.00 bits per heavy atom. The van der Waals surface area contributed by atoms with E-state index < -0.39 is 36.9 Å². The molecule has 0 spiro atoms. The predicted octanol–water partition coefficient (Wildman–Crippen LogP) is -0.673. The second-order valence-corrected chi connectivity index (χ2v) is 3.23. The molecule has 0 aliphatic heterocycles. The Bertz CT molecular complexity index is 240. The van der Waals surface area contributed by atoms with Crippen molar-refractivity contribution in [3.8, 4) is 0 Å². The quantitative estimate of drug-likeness (QED) is 0.512. The predicted molar refractivity (Wildman–Crippen MR) is 52.1 cm³/mol. The number of carboxylic acids is 2. The third-order valence-electron chi connectivity index (χ3n) is 1.83. The smallest absolute Gasteiger partial charge is 0.332 e. The summed E-state index contributed by atoms with van der Waals surface area (Å²) < 4.78 is 9.78. The van der Waals surface area contributed by atoms with Gasteiger partial charge in [-0.3, -0.25) is 0 Å². The number of aliphatic hydroxyl groups is 1. The molecule has 7 nitrogen and oxygen atoms in total. The molecule has 94 valence electrons. The van der Waals surface area contributed by atoms with Gasteiger partial charge in [0.05, 0.1) is 13.2 Å². The van der Waals surface area contributed by atoms with E-state index in [9.17, 15) is 9.59 Å². The first-order valence-corrected chi connectivity index (χ1v) is 4.72. The monoisotopic (exact) mass is 236 g/mol. The zero-order chi connectivity index (χ0) is 12.7. The summed E-state index contributed by atoms with van der Waals surface area (Å²) in [4.78, 5) is 20.9. The molecule has 0 aliphatic rings. The number of carboxylic acid groups (broad SMARTS) is 2. The normalized spacial score (nSPS) is 16.4. The molecule has 0 aromatic carbocycles. The summed E-state index contributed by atoms with van der Waals surface area (Å²) in [6.45, 7) is 2.02. The van der Waals surface area contributed by atoms with E-state index >= 15 is 0 Å². The van der Waals surface area contributed by atoms with Gasteiger partial charge in [0.15, 0.2) is 12.2 Å². The Morgan fingerprint density at radius 2 is 1.62 bits per heavy atom. The van der Waals surface area contributed by atoms with Crippen LogP contribution in [0.25, 0.3) is 0 Å². The maximum Gasteiger partial charge on any atom is 0.332 e. The van der Waals surface area contributed by atoms with Crippen LogP contribution in [-0.2, 0) is 19.1 Å². The highest BCUT2D eigenvalue weighted by Gasteiger charge is 2.20. The molecule has 0 heterocycles. The molecule has 3 atom stereocenters. The Morgan fingerprint density at radius 1 is 1.12 bits per heavy atom. The van der Waals surface area contributed by atoms with E-state index in [0.29, 0.717) is 0 Å². The van der Waals surface area contributed by atoms with Gasteiger partial charge in [0.2, 0.25) is 0 Å². The van der Waals surface area contributed by atoms with Crippen LogP contribution in [0.3, 0.4) is 0 Å². The molecule has 0 fully saturated rings. The van der Waals surface area contributed by atoms with Gasteiger partial charge in [-0.2, -0.15) is 0 Å². The van der Waals surface area contributed by atoms with Gasteiger partial charge < -0.3 is 24.8 Å². The number of hydrogen-bond acceptors (Lipinski definition) is 5. The van der Waals surface area contributed by atoms with Crippen LogP contribution in [0.2, 0.25) is 0 Å². The summed E-state index contributed by atoms with van der Waals surface area (Å²) in [5.41, 5.74) is 0. The van der Waals surface area contributed by atoms with Crippen molar-refractivity contribution in [3.05, 3.63) is 0 Å². The van der Waals surface area contributed by atoms with Crippen LogP contribution in [0.1, 0.15) is 13.8 Å². The first kappa shape index (κ1) is 14.8. The van der Waals surface area contributed by atoms with Gasteiger partial charge in [-0.1, -0.05) is 0 Å². The summed E-state index contributed by atoms with van der Waals surface area (Å²) in [6.07, 6.45) is -2.97. The van der Waals surface area contributed by atoms with Gasteiger partial charge in [-0.15, -0.1) is 0 Å². The van der Waals surface area contributed by atoms with Crippen molar-refractivity contribution in [1.29, 1.82) is 0 Å². The van der Waals surface area contributed by atoms with Gasteiger partial charge in [-0.05, 0) is 13.8 Å².